The van der Waals surface area contributed by atoms with E-state index >= 15 is 0 Å². The molecule has 0 aliphatic carbocycles. The minimum absolute atomic E-state index is 0.0443. The van der Waals surface area contributed by atoms with Crippen molar-refractivity contribution in [3.63, 3.8) is 0 Å². The molecule has 3 rings (SSSR count). The highest BCUT2D eigenvalue weighted by Gasteiger charge is 2.47. The first-order valence-electron chi connectivity index (χ1n) is 9.75. The number of hydrogen-bond donors (Lipinski definition) is 2. The predicted octanol–water partition coefficient (Wildman–Crippen LogP) is 2.85. The molecule has 1 aliphatic heterocycles. The van der Waals surface area contributed by atoms with Gasteiger partial charge in [0.05, 0.1) is 0 Å². The molecular weight excluding hydrogens is 408 g/mol. The molecule has 1 unspecified atom stereocenters. The minimum Gasteiger partial charge on any atom is -0.435 e. The maximum atomic E-state index is 12.8. The van der Waals surface area contributed by atoms with Gasteiger partial charge in [0.2, 0.25) is 5.91 Å². The molecule has 9 heteroatoms. The molecule has 1 aliphatic rings. The number of rotatable bonds is 9. The number of aryl methyl sites for hydroxylation is 1. The van der Waals surface area contributed by atoms with E-state index in [2.05, 4.69) is 15.4 Å². The fraction of sp³-hybridized carbons (Fsp3) is 0.318. The fourth-order valence-corrected chi connectivity index (χ4v) is 3.29. The second-order valence-electron chi connectivity index (χ2n) is 7.44. The first kappa shape index (κ1) is 22.2. The molecule has 164 valence electrons. The Hall–Kier alpha value is -3.49. The summed E-state index contributed by atoms with van der Waals surface area (Å²) >= 11 is 0. The number of nitrogens with one attached hydrogen (secondary N) is 2. The Kier molecular flexibility index (Phi) is 6.84. The van der Waals surface area contributed by atoms with Gasteiger partial charge in [0.1, 0.15) is 17.8 Å². The molecule has 2 aromatic carbocycles. The van der Waals surface area contributed by atoms with Gasteiger partial charge in [-0.2, -0.15) is 8.78 Å². The summed E-state index contributed by atoms with van der Waals surface area (Å²) in [6, 6.07) is 14.7. The summed E-state index contributed by atoms with van der Waals surface area (Å²) in [6.45, 7) is -1.37. The number of benzene rings is 2. The Morgan fingerprint density at radius 1 is 1.10 bits per heavy atom. The topological polar surface area (TPSA) is 87.7 Å². The van der Waals surface area contributed by atoms with Gasteiger partial charge in [0.25, 0.3) is 5.91 Å². The largest absolute Gasteiger partial charge is 0.435 e. The lowest BCUT2D eigenvalue weighted by Crippen LogP contribution is -2.45. The number of urea groups is 1. The van der Waals surface area contributed by atoms with Gasteiger partial charge in [0.15, 0.2) is 0 Å². The summed E-state index contributed by atoms with van der Waals surface area (Å²) < 4.78 is 28.8. The van der Waals surface area contributed by atoms with Crippen molar-refractivity contribution in [2.75, 3.05) is 6.54 Å². The number of carbonyl (C=O) groups excluding carboxylic acids is 3. The maximum absolute atomic E-state index is 12.8. The molecule has 2 aromatic rings. The Labute approximate surface area is 178 Å². The lowest BCUT2D eigenvalue weighted by Gasteiger charge is -2.21. The molecule has 0 radical (unpaired) electrons. The third-order valence-corrected chi connectivity index (χ3v) is 5.04. The van der Waals surface area contributed by atoms with Crippen molar-refractivity contribution in [2.45, 2.75) is 38.5 Å². The zero-order valence-electron chi connectivity index (χ0n) is 16.9. The predicted molar refractivity (Wildman–Crippen MR) is 108 cm³/mol. The normalized spacial score (nSPS) is 18.3. The zero-order chi connectivity index (χ0) is 22.4. The minimum atomic E-state index is -2.90. The highest BCUT2D eigenvalue weighted by Crippen LogP contribution is 2.24. The quantitative estimate of drug-likeness (QED) is 0.598. The number of carbonyl (C=O) groups is 3. The lowest BCUT2D eigenvalue weighted by molar-refractivity contribution is -0.134. The van der Waals surface area contributed by atoms with Crippen molar-refractivity contribution in [2.24, 2.45) is 0 Å². The molecule has 1 heterocycles. The SMILES string of the molecule is CC1(CCc2ccc(OC(F)F)cc2)NC(=O)N(CC(=O)NCc2ccccc2)C1=O. The van der Waals surface area contributed by atoms with Gasteiger partial charge in [-0.25, -0.2) is 4.79 Å². The molecule has 1 fully saturated rings. The lowest BCUT2D eigenvalue weighted by atomic mass is 9.93. The summed E-state index contributed by atoms with van der Waals surface area (Å²) in [5, 5.41) is 5.34. The average Bonchev–Trinajstić information content (AvgIpc) is 2.95. The summed E-state index contributed by atoms with van der Waals surface area (Å²) in [5.74, 6) is -0.876. The fourth-order valence-electron chi connectivity index (χ4n) is 3.29. The van der Waals surface area contributed by atoms with E-state index in [0.29, 0.717) is 13.0 Å². The van der Waals surface area contributed by atoms with Crippen LogP contribution < -0.4 is 15.4 Å². The van der Waals surface area contributed by atoms with Crippen LogP contribution in [0.25, 0.3) is 0 Å². The molecule has 0 aromatic heterocycles. The third kappa shape index (κ3) is 5.78. The van der Waals surface area contributed by atoms with Crippen molar-refractivity contribution in [1.29, 1.82) is 0 Å². The van der Waals surface area contributed by atoms with Crippen LogP contribution >= 0.6 is 0 Å². The van der Waals surface area contributed by atoms with Gasteiger partial charge in [-0.15, -0.1) is 0 Å². The molecule has 0 saturated carbocycles. The van der Waals surface area contributed by atoms with Gasteiger partial charge in [-0.1, -0.05) is 42.5 Å². The number of amides is 4. The van der Waals surface area contributed by atoms with Crippen molar-refractivity contribution < 1.29 is 27.9 Å². The first-order valence-corrected chi connectivity index (χ1v) is 9.75. The smallest absolute Gasteiger partial charge is 0.387 e. The monoisotopic (exact) mass is 431 g/mol. The standard InChI is InChI=1S/C22H23F2N3O4/c1-22(12-11-15-7-9-17(10-8-15)31-20(23)24)19(29)27(21(30)26-22)14-18(28)25-13-16-5-3-2-4-6-16/h2-10,20H,11-14H2,1H3,(H,25,28)(H,26,30). The summed E-state index contributed by atoms with van der Waals surface area (Å²) in [4.78, 5) is 38.2. The van der Waals surface area contributed by atoms with Crippen LogP contribution in [0.1, 0.15) is 24.5 Å². The molecule has 0 bridgehead atoms. The van der Waals surface area contributed by atoms with E-state index in [1.165, 1.54) is 12.1 Å². The second kappa shape index (κ2) is 9.55. The molecule has 7 nitrogen and oxygen atoms in total. The number of halogens is 2. The Morgan fingerprint density at radius 2 is 1.77 bits per heavy atom. The highest BCUT2D eigenvalue weighted by molar-refractivity contribution is 6.08. The van der Waals surface area contributed by atoms with Crippen LogP contribution in [0, 0.1) is 0 Å². The average molecular weight is 431 g/mol. The molecule has 4 amide bonds. The molecule has 31 heavy (non-hydrogen) atoms. The first-order chi connectivity index (χ1) is 14.8. The van der Waals surface area contributed by atoms with Crippen molar-refractivity contribution in [3.8, 4) is 5.75 Å². The van der Waals surface area contributed by atoms with Crippen LogP contribution in [0.2, 0.25) is 0 Å². The highest BCUT2D eigenvalue weighted by atomic mass is 19.3. The van der Waals surface area contributed by atoms with Crippen LogP contribution in [0.5, 0.6) is 5.75 Å². The van der Waals surface area contributed by atoms with E-state index in [1.807, 2.05) is 30.3 Å². The second-order valence-corrected chi connectivity index (χ2v) is 7.44. The van der Waals surface area contributed by atoms with E-state index in [4.69, 9.17) is 0 Å². The van der Waals surface area contributed by atoms with Crippen LogP contribution in [-0.2, 0) is 22.6 Å². The van der Waals surface area contributed by atoms with Crippen LogP contribution in [0.15, 0.2) is 54.6 Å². The molecule has 1 atom stereocenters. The Morgan fingerprint density at radius 3 is 2.42 bits per heavy atom. The zero-order valence-corrected chi connectivity index (χ0v) is 16.9. The number of imide groups is 1. The number of ether oxygens (including phenoxy) is 1. The van der Waals surface area contributed by atoms with Crippen molar-refractivity contribution in [3.05, 3.63) is 65.7 Å². The number of hydrogen-bond acceptors (Lipinski definition) is 4. The van der Waals surface area contributed by atoms with Gasteiger partial charge in [-0.05, 0) is 43.0 Å². The van der Waals surface area contributed by atoms with Crippen LogP contribution in [0.4, 0.5) is 13.6 Å². The van der Waals surface area contributed by atoms with E-state index < -0.39 is 30.0 Å². The van der Waals surface area contributed by atoms with E-state index in [0.717, 1.165) is 16.0 Å². The summed E-state index contributed by atoms with van der Waals surface area (Å²) in [5.41, 5.74) is 0.543. The summed E-state index contributed by atoms with van der Waals surface area (Å²) in [7, 11) is 0. The van der Waals surface area contributed by atoms with E-state index in [1.54, 1.807) is 19.1 Å². The molecule has 1 saturated heterocycles. The number of alkyl halides is 2. The molecular formula is C22H23F2N3O4. The summed E-state index contributed by atoms with van der Waals surface area (Å²) in [6.07, 6.45) is 0.709. The van der Waals surface area contributed by atoms with Gasteiger partial charge < -0.3 is 15.4 Å². The van der Waals surface area contributed by atoms with Crippen LogP contribution in [-0.4, -0.2) is 41.4 Å². The van der Waals surface area contributed by atoms with Gasteiger partial charge in [0, 0.05) is 6.54 Å². The van der Waals surface area contributed by atoms with Crippen LogP contribution in [0.3, 0.4) is 0 Å². The molecule has 2 N–H and O–H groups in total. The van der Waals surface area contributed by atoms with E-state index in [-0.39, 0.29) is 18.7 Å². The van der Waals surface area contributed by atoms with Crippen molar-refractivity contribution in [1.82, 2.24) is 15.5 Å². The molecule has 0 spiro atoms. The maximum Gasteiger partial charge on any atom is 0.387 e. The van der Waals surface area contributed by atoms with Gasteiger partial charge in [-0.3, -0.25) is 14.5 Å². The Bertz CT molecular complexity index is 938. The number of nitrogens with zero attached hydrogens (tertiary/aromatic N) is 1. The Balaban J connectivity index is 1.53. The van der Waals surface area contributed by atoms with Gasteiger partial charge >= 0.3 is 12.6 Å². The van der Waals surface area contributed by atoms with Crippen molar-refractivity contribution >= 4 is 17.8 Å². The van der Waals surface area contributed by atoms with E-state index in [9.17, 15) is 23.2 Å². The third-order valence-electron chi connectivity index (χ3n) is 5.04.